The van der Waals surface area contributed by atoms with Gasteiger partial charge in [0.15, 0.2) is 0 Å². The van der Waals surface area contributed by atoms with Crippen molar-refractivity contribution in [3.05, 3.63) is 54.1 Å². The number of aliphatic hydroxyl groups is 1. The largest absolute Gasteiger partial charge is 0.573 e. The molecule has 0 fully saturated rings. The summed E-state index contributed by atoms with van der Waals surface area (Å²) in [4.78, 5) is 0. The van der Waals surface area contributed by atoms with Crippen LogP contribution in [0.5, 0.6) is 17.2 Å². The van der Waals surface area contributed by atoms with E-state index in [4.69, 9.17) is 4.74 Å². The number of para-hydroxylation sites is 1. The molecule has 7 heteroatoms. The highest BCUT2D eigenvalue weighted by Crippen LogP contribution is 2.27. The SMILES string of the molecule is Oc1ccccc1C(O)COc1ccc(OC(F)(F)F)cc1. The van der Waals surface area contributed by atoms with E-state index in [0.717, 1.165) is 12.1 Å². The third-order valence-corrected chi connectivity index (χ3v) is 2.76. The normalized spacial score (nSPS) is 12.7. The van der Waals surface area contributed by atoms with Gasteiger partial charge in [0, 0.05) is 5.56 Å². The molecule has 2 aromatic rings. The number of alkyl halides is 3. The number of halogens is 3. The van der Waals surface area contributed by atoms with Crippen molar-refractivity contribution < 1.29 is 32.9 Å². The van der Waals surface area contributed by atoms with Crippen LogP contribution in [0.1, 0.15) is 11.7 Å². The Morgan fingerprint density at radius 3 is 2.14 bits per heavy atom. The van der Waals surface area contributed by atoms with Crippen molar-refractivity contribution in [3.8, 4) is 17.2 Å². The van der Waals surface area contributed by atoms with Crippen LogP contribution in [-0.2, 0) is 0 Å². The van der Waals surface area contributed by atoms with Gasteiger partial charge in [-0.25, -0.2) is 0 Å². The van der Waals surface area contributed by atoms with Crippen molar-refractivity contribution in [2.75, 3.05) is 6.61 Å². The number of ether oxygens (including phenoxy) is 2. The molecule has 0 bridgehead atoms. The van der Waals surface area contributed by atoms with Crippen LogP contribution in [0.4, 0.5) is 13.2 Å². The summed E-state index contributed by atoms with van der Waals surface area (Å²) in [6.07, 6.45) is -5.81. The Labute approximate surface area is 124 Å². The summed E-state index contributed by atoms with van der Waals surface area (Å²) in [5, 5.41) is 19.5. The second kappa shape index (κ2) is 6.57. The van der Waals surface area contributed by atoms with Crippen LogP contribution < -0.4 is 9.47 Å². The summed E-state index contributed by atoms with van der Waals surface area (Å²) in [6, 6.07) is 11.0. The smallest absolute Gasteiger partial charge is 0.508 e. The van der Waals surface area contributed by atoms with Gasteiger partial charge < -0.3 is 19.7 Å². The van der Waals surface area contributed by atoms with E-state index in [1.165, 1.54) is 18.2 Å². The number of benzene rings is 2. The van der Waals surface area contributed by atoms with Gasteiger partial charge >= 0.3 is 6.36 Å². The van der Waals surface area contributed by atoms with Crippen molar-refractivity contribution in [2.45, 2.75) is 12.5 Å². The molecule has 2 N–H and O–H groups in total. The molecular formula is C15H13F3O4. The van der Waals surface area contributed by atoms with Gasteiger partial charge in [-0.2, -0.15) is 0 Å². The van der Waals surface area contributed by atoms with E-state index < -0.39 is 12.5 Å². The van der Waals surface area contributed by atoms with Gasteiger partial charge in [0.1, 0.15) is 30.0 Å². The average Bonchev–Trinajstić information content (AvgIpc) is 2.45. The lowest BCUT2D eigenvalue weighted by Gasteiger charge is -2.14. The van der Waals surface area contributed by atoms with E-state index in [-0.39, 0.29) is 23.9 Å². The summed E-state index contributed by atoms with van der Waals surface area (Å²) < 4.78 is 45.0. The first kappa shape index (κ1) is 16.0. The van der Waals surface area contributed by atoms with Crippen molar-refractivity contribution in [1.29, 1.82) is 0 Å². The van der Waals surface area contributed by atoms with Crippen molar-refractivity contribution in [1.82, 2.24) is 0 Å². The van der Waals surface area contributed by atoms with Crippen LogP contribution in [-0.4, -0.2) is 23.2 Å². The standard InChI is InChI=1S/C15H13F3O4/c16-15(17,18)22-11-7-5-10(6-8-11)21-9-14(20)12-3-1-2-4-13(12)19/h1-8,14,19-20H,9H2. The maximum atomic E-state index is 12.0. The Hall–Kier alpha value is -2.41. The van der Waals surface area contributed by atoms with E-state index >= 15 is 0 Å². The van der Waals surface area contributed by atoms with Gasteiger partial charge in [0.25, 0.3) is 0 Å². The molecule has 0 saturated carbocycles. The summed E-state index contributed by atoms with van der Waals surface area (Å²) in [7, 11) is 0. The predicted octanol–water partition coefficient (Wildman–Crippen LogP) is 3.40. The molecule has 0 aromatic heterocycles. The molecule has 1 atom stereocenters. The number of hydrogen-bond donors (Lipinski definition) is 2. The Morgan fingerprint density at radius 2 is 1.55 bits per heavy atom. The molecule has 0 saturated heterocycles. The fraction of sp³-hybridized carbons (Fsp3) is 0.200. The van der Waals surface area contributed by atoms with Gasteiger partial charge in [0.2, 0.25) is 0 Å². The summed E-state index contributed by atoms with van der Waals surface area (Å²) in [5.41, 5.74) is 0.305. The summed E-state index contributed by atoms with van der Waals surface area (Å²) in [5.74, 6) is -0.155. The van der Waals surface area contributed by atoms with Gasteiger partial charge in [-0.05, 0) is 30.3 Å². The molecule has 22 heavy (non-hydrogen) atoms. The Morgan fingerprint density at radius 1 is 0.955 bits per heavy atom. The fourth-order valence-corrected chi connectivity index (χ4v) is 1.77. The maximum absolute atomic E-state index is 12.0. The van der Waals surface area contributed by atoms with E-state index in [2.05, 4.69) is 4.74 Å². The number of aromatic hydroxyl groups is 1. The average molecular weight is 314 g/mol. The predicted molar refractivity (Wildman–Crippen MR) is 71.7 cm³/mol. The molecule has 0 spiro atoms. The molecule has 2 rings (SSSR count). The zero-order valence-electron chi connectivity index (χ0n) is 11.2. The molecule has 0 aliphatic rings. The van der Waals surface area contributed by atoms with E-state index in [0.29, 0.717) is 5.56 Å². The topological polar surface area (TPSA) is 58.9 Å². The minimum absolute atomic E-state index is 0.0625. The van der Waals surface area contributed by atoms with Crippen LogP contribution in [0.3, 0.4) is 0 Å². The Balaban J connectivity index is 1.93. The highest BCUT2D eigenvalue weighted by atomic mass is 19.4. The Kier molecular flexibility index (Phi) is 4.77. The highest BCUT2D eigenvalue weighted by molar-refractivity contribution is 5.34. The lowest BCUT2D eigenvalue weighted by Crippen LogP contribution is -2.17. The molecule has 0 aliphatic carbocycles. The zero-order chi connectivity index (χ0) is 16.2. The number of hydrogen-bond acceptors (Lipinski definition) is 4. The highest BCUT2D eigenvalue weighted by Gasteiger charge is 2.30. The first-order valence-corrected chi connectivity index (χ1v) is 6.30. The second-order valence-electron chi connectivity index (χ2n) is 4.40. The first-order valence-electron chi connectivity index (χ1n) is 6.30. The lowest BCUT2D eigenvalue weighted by molar-refractivity contribution is -0.274. The van der Waals surface area contributed by atoms with E-state index in [1.54, 1.807) is 18.2 Å². The maximum Gasteiger partial charge on any atom is 0.573 e. The number of aliphatic hydroxyl groups excluding tert-OH is 1. The van der Waals surface area contributed by atoms with Crippen LogP contribution >= 0.6 is 0 Å². The quantitative estimate of drug-likeness (QED) is 0.888. The molecule has 0 amide bonds. The van der Waals surface area contributed by atoms with Crippen molar-refractivity contribution in [3.63, 3.8) is 0 Å². The third-order valence-electron chi connectivity index (χ3n) is 2.76. The summed E-state index contributed by atoms with van der Waals surface area (Å²) >= 11 is 0. The minimum atomic E-state index is -4.75. The van der Waals surface area contributed by atoms with E-state index in [1.807, 2.05) is 0 Å². The molecule has 0 aliphatic heterocycles. The third kappa shape index (κ3) is 4.56. The summed E-state index contributed by atoms with van der Waals surface area (Å²) in [6.45, 7) is -0.156. The molecule has 4 nitrogen and oxygen atoms in total. The number of phenols is 1. The van der Waals surface area contributed by atoms with Crippen LogP contribution in [0, 0.1) is 0 Å². The number of rotatable bonds is 5. The minimum Gasteiger partial charge on any atom is -0.508 e. The molecule has 2 aromatic carbocycles. The molecule has 0 radical (unpaired) electrons. The van der Waals surface area contributed by atoms with Gasteiger partial charge in [-0.15, -0.1) is 13.2 Å². The first-order chi connectivity index (χ1) is 10.3. The lowest BCUT2D eigenvalue weighted by atomic mass is 10.1. The second-order valence-corrected chi connectivity index (χ2v) is 4.40. The van der Waals surface area contributed by atoms with Gasteiger partial charge in [-0.1, -0.05) is 18.2 Å². The van der Waals surface area contributed by atoms with Crippen LogP contribution in [0.15, 0.2) is 48.5 Å². The van der Waals surface area contributed by atoms with E-state index in [9.17, 15) is 23.4 Å². The number of phenolic OH excluding ortho intramolecular Hbond substituents is 1. The Bertz CT molecular complexity index is 611. The molecule has 0 heterocycles. The van der Waals surface area contributed by atoms with Gasteiger partial charge in [0.05, 0.1) is 0 Å². The molecule has 118 valence electrons. The van der Waals surface area contributed by atoms with Crippen LogP contribution in [0.2, 0.25) is 0 Å². The fourth-order valence-electron chi connectivity index (χ4n) is 1.77. The zero-order valence-corrected chi connectivity index (χ0v) is 11.2. The van der Waals surface area contributed by atoms with Crippen molar-refractivity contribution in [2.24, 2.45) is 0 Å². The molecular weight excluding hydrogens is 301 g/mol. The van der Waals surface area contributed by atoms with Crippen molar-refractivity contribution >= 4 is 0 Å². The van der Waals surface area contributed by atoms with Gasteiger partial charge in [-0.3, -0.25) is 0 Å². The molecule has 1 unspecified atom stereocenters. The monoisotopic (exact) mass is 314 g/mol. The van der Waals surface area contributed by atoms with Crippen LogP contribution in [0.25, 0.3) is 0 Å².